The van der Waals surface area contributed by atoms with Crippen LogP contribution in [0.5, 0.6) is 10.9 Å². The summed E-state index contributed by atoms with van der Waals surface area (Å²) in [6, 6.07) is 5.91. The van der Waals surface area contributed by atoms with Crippen molar-refractivity contribution in [3.05, 3.63) is 39.4 Å². The maximum Gasteiger partial charge on any atom is 0.349 e. The fraction of sp³-hybridized carbons (Fsp3) is 0.231. The third kappa shape index (κ3) is 2.43. The second-order valence-electron chi connectivity index (χ2n) is 4.29. The smallest absolute Gasteiger partial charge is 0.349 e. The highest BCUT2D eigenvalue weighted by Gasteiger charge is 2.18. The number of aromatic carboxylic acids is 1. The quantitative estimate of drug-likeness (QED) is 0.936. The normalized spacial score (nSPS) is 13.3. The number of hydrogen-bond donors (Lipinski definition) is 1. The lowest BCUT2D eigenvalue weighted by Crippen LogP contribution is -1.91. The Kier molecular flexibility index (Phi) is 3.16. The lowest BCUT2D eigenvalue weighted by molar-refractivity contribution is 0.0702. The van der Waals surface area contributed by atoms with Crippen molar-refractivity contribution in [1.82, 2.24) is 4.98 Å². The summed E-state index contributed by atoms with van der Waals surface area (Å²) in [7, 11) is 0. The Bertz CT molecular complexity index is 653. The van der Waals surface area contributed by atoms with Crippen LogP contribution in [0.1, 0.15) is 27.2 Å². The van der Waals surface area contributed by atoms with Crippen LogP contribution in [0.4, 0.5) is 0 Å². The highest BCUT2D eigenvalue weighted by molar-refractivity contribution is 7.15. The molecule has 0 atom stereocenters. The minimum absolute atomic E-state index is 0.00201. The third-order valence-electron chi connectivity index (χ3n) is 3.04. The zero-order valence-corrected chi connectivity index (χ0v) is 11.4. The Hall–Kier alpha value is -1.59. The highest BCUT2D eigenvalue weighted by Crippen LogP contribution is 2.33. The van der Waals surface area contributed by atoms with Gasteiger partial charge in [0.25, 0.3) is 5.19 Å². The Balaban J connectivity index is 1.85. The molecule has 1 aromatic heterocycles. The predicted octanol–water partition coefficient (Wildman–Crippen LogP) is 3.78. The number of thiazole rings is 1. The number of carbonyl (C=O) groups is 1. The first-order valence-electron chi connectivity index (χ1n) is 5.83. The molecule has 2 aromatic rings. The van der Waals surface area contributed by atoms with E-state index < -0.39 is 5.97 Å². The maximum absolute atomic E-state index is 10.9. The van der Waals surface area contributed by atoms with Crippen molar-refractivity contribution < 1.29 is 14.6 Å². The number of carboxylic acids is 1. The van der Waals surface area contributed by atoms with E-state index in [9.17, 15) is 4.79 Å². The number of halogens is 1. The van der Waals surface area contributed by atoms with Gasteiger partial charge in [0, 0.05) is 0 Å². The minimum Gasteiger partial charge on any atom is -0.477 e. The summed E-state index contributed by atoms with van der Waals surface area (Å²) in [5, 5.41) is 9.12. The topological polar surface area (TPSA) is 59.4 Å². The summed E-state index contributed by atoms with van der Waals surface area (Å²) in [6.07, 6.45) is 3.35. The molecule has 0 saturated heterocycles. The molecule has 0 bridgehead atoms. The van der Waals surface area contributed by atoms with E-state index in [-0.39, 0.29) is 15.2 Å². The molecule has 3 rings (SSSR count). The number of rotatable bonds is 3. The molecule has 0 radical (unpaired) electrons. The molecule has 0 fully saturated rings. The zero-order valence-electron chi connectivity index (χ0n) is 9.85. The van der Waals surface area contributed by atoms with E-state index in [4.69, 9.17) is 21.4 Å². The molecule has 19 heavy (non-hydrogen) atoms. The van der Waals surface area contributed by atoms with Crippen LogP contribution in [0, 0.1) is 0 Å². The van der Waals surface area contributed by atoms with Crippen molar-refractivity contribution in [3.8, 4) is 10.9 Å². The van der Waals surface area contributed by atoms with Crippen molar-refractivity contribution >= 4 is 28.9 Å². The molecule has 0 amide bonds. The van der Waals surface area contributed by atoms with Crippen LogP contribution in [0.25, 0.3) is 0 Å². The van der Waals surface area contributed by atoms with Crippen LogP contribution in [-0.4, -0.2) is 16.1 Å². The molecule has 98 valence electrons. The van der Waals surface area contributed by atoms with Gasteiger partial charge in [-0.05, 0) is 42.5 Å². The first-order valence-corrected chi connectivity index (χ1v) is 7.02. The van der Waals surface area contributed by atoms with Gasteiger partial charge in [0.1, 0.15) is 5.75 Å². The molecule has 1 N–H and O–H groups in total. The largest absolute Gasteiger partial charge is 0.477 e. The molecule has 1 aliphatic rings. The van der Waals surface area contributed by atoms with Gasteiger partial charge in [-0.1, -0.05) is 29.0 Å². The van der Waals surface area contributed by atoms with E-state index in [1.165, 1.54) is 17.5 Å². The van der Waals surface area contributed by atoms with Gasteiger partial charge >= 0.3 is 5.97 Å². The van der Waals surface area contributed by atoms with E-state index in [0.717, 1.165) is 24.2 Å². The molecule has 0 aliphatic heterocycles. The average Bonchev–Trinajstić information content (AvgIpc) is 2.95. The Labute approximate surface area is 118 Å². The zero-order chi connectivity index (χ0) is 13.4. The Morgan fingerprint density at radius 1 is 1.37 bits per heavy atom. The van der Waals surface area contributed by atoms with E-state index in [2.05, 4.69) is 4.98 Å². The van der Waals surface area contributed by atoms with E-state index in [0.29, 0.717) is 5.75 Å². The number of fused-ring (bicyclic) bond motifs is 1. The van der Waals surface area contributed by atoms with Crippen molar-refractivity contribution in [2.75, 3.05) is 0 Å². The first kappa shape index (κ1) is 12.4. The number of aryl methyl sites for hydroxylation is 2. The summed E-state index contributed by atoms with van der Waals surface area (Å²) in [5.41, 5.74) is 2.65. The summed E-state index contributed by atoms with van der Waals surface area (Å²) in [5.74, 6) is -0.422. The molecule has 6 heteroatoms. The van der Waals surface area contributed by atoms with Crippen LogP contribution in [0.2, 0.25) is 5.15 Å². The lowest BCUT2D eigenvalue weighted by atomic mass is 10.1. The van der Waals surface area contributed by atoms with E-state index >= 15 is 0 Å². The molecule has 1 aromatic carbocycles. The molecular formula is C13H10ClNO3S. The summed E-state index contributed by atoms with van der Waals surface area (Å²) >= 11 is 6.67. The number of nitrogens with zero attached hydrogens (tertiary/aromatic N) is 1. The second-order valence-corrected chi connectivity index (χ2v) is 5.61. The fourth-order valence-corrected chi connectivity index (χ4v) is 3.16. The fourth-order valence-electron chi connectivity index (χ4n) is 2.17. The highest BCUT2D eigenvalue weighted by atomic mass is 35.5. The molecule has 1 aliphatic carbocycles. The second kappa shape index (κ2) is 4.83. The lowest BCUT2D eigenvalue weighted by Gasteiger charge is -2.04. The summed E-state index contributed by atoms with van der Waals surface area (Å²) < 4.78 is 5.57. The van der Waals surface area contributed by atoms with Crippen LogP contribution in [0.15, 0.2) is 18.2 Å². The monoisotopic (exact) mass is 295 g/mol. The number of benzene rings is 1. The van der Waals surface area contributed by atoms with Gasteiger partial charge in [-0.3, -0.25) is 0 Å². The maximum atomic E-state index is 10.9. The predicted molar refractivity (Wildman–Crippen MR) is 72.6 cm³/mol. The molecular weight excluding hydrogens is 286 g/mol. The molecule has 0 saturated carbocycles. The molecule has 4 nitrogen and oxygen atoms in total. The number of hydrogen-bond acceptors (Lipinski definition) is 4. The molecule has 0 spiro atoms. The van der Waals surface area contributed by atoms with Crippen LogP contribution >= 0.6 is 22.9 Å². The van der Waals surface area contributed by atoms with Gasteiger partial charge in [0.2, 0.25) is 0 Å². The standard InChI is InChI=1S/C13H10ClNO3S/c14-11-10(12(16)17)19-13(15-11)18-9-5-4-7-2-1-3-8(7)6-9/h4-6H,1-3H2,(H,16,17). The van der Waals surface area contributed by atoms with E-state index in [1.807, 2.05) is 18.2 Å². The van der Waals surface area contributed by atoms with Gasteiger partial charge < -0.3 is 9.84 Å². The van der Waals surface area contributed by atoms with Gasteiger partial charge in [0.05, 0.1) is 0 Å². The van der Waals surface area contributed by atoms with E-state index in [1.54, 1.807) is 0 Å². The van der Waals surface area contributed by atoms with Crippen molar-refractivity contribution in [2.24, 2.45) is 0 Å². The number of ether oxygens (including phenoxy) is 1. The molecule has 0 unspecified atom stereocenters. The van der Waals surface area contributed by atoms with Gasteiger partial charge in [-0.2, -0.15) is 4.98 Å². The average molecular weight is 296 g/mol. The Morgan fingerprint density at radius 2 is 2.16 bits per heavy atom. The van der Waals surface area contributed by atoms with Gasteiger partial charge in [-0.25, -0.2) is 4.79 Å². The van der Waals surface area contributed by atoms with Crippen LogP contribution in [-0.2, 0) is 12.8 Å². The SMILES string of the molecule is O=C(O)c1sc(Oc2ccc3c(c2)CCC3)nc1Cl. The van der Waals surface area contributed by atoms with Crippen molar-refractivity contribution in [3.63, 3.8) is 0 Å². The minimum atomic E-state index is -1.09. The van der Waals surface area contributed by atoms with Crippen molar-refractivity contribution in [1.29, 1.82) is 0 Å². The van der Waals surface area contributed by atoms with Crippen LogP contribution < -0.4 is 4.74 Å². The van der Waals surface area contributed by atoms with Crippen LogP contribution in [0.3, 0.4) is 0 Å². The third-order valence-corrected chi connectivity index (χ3v) is 4.34. The Morgan fingerprint density at radius 3 is 2.89 bits per heavy atom. The van der Waals surface area contributed by atoms with Gasteiger partial charge in [-0.15, -0.1) is 0 Å². The molecule has 1 heterocycles. The summed E-state index contributed by atoms with van der Waals surface area (Å²) in [6.45, 7) is 0. The number of aromatic nitrogens is 1. The number of carboxylic acid groups (broad SMARTS) is 1. The summed E-state index contributed by atoms with van der Waals surface area (Å²) in [4.78, 5) is 14.8. The first-order chi connectivity index (χ1) is 9.13. The van der Waals surface area contributed by atoms with Crippen molar-refractivity contribution in [2.45, 2.75) is 19.3 Å². The van der Waals surface area contributed by atoms with Gasteiger partial charge in [0.15, 0.2) is 10.0 Å².